The zero-order valence-corrected chi connectivity index (χ0v) is 30.0. The molecule has 1 aromatic heterocycles. The van der Waals surface area contributed by atoms with Gasteiger partial charge in [-0.25, -0.2) is 18.4 Å². The summed E-state index contributed by atoms with van der Waals surface area (Å²) >= 11 is 2.73. The molecule has 0 unspecified atom stereocenters. The van der Waals surface area contributed by atoms with Gasteiger partial charge in [0.25, 0.3) is 5.91 Å². The first-order valence-electron chi connectivity index (χ1n) is 16.6. The van der Waals surface area contributed by atoms with E-state index in [0.29, 0.717) is 22.7 Å². The molecule has 4 aromatic rings. The van der Waals surface area contributed by atoms with E-state index >= 15 is 0 Å². The first-order valence-corrected chi connectivity index (χ1v) is 19.9. The Bertz CT molecular complexity index is 2290. The number of rotatable bonds is 9. The van der Waals surface area contributed by atoms with Crippen molar-refractivity contribution in [3.8, 4) is 5.75 Å². The molecule has 0 radical (unpaired) electrons. The van der Waals surface area contributed by atoms with Crippen molar-refractivity contribution < 1.29 is 37.1 Å². The maximum atomic E-state index is 14.1. The van der Waals surface area contributed by atoms with Crippen LogP contribution in [0.1, 0.15) is 40.1 Å². The minimum Gasteiger partial charge on any atom is -0.484 e. The summed E-state index contributed by atoms with van der Waals surface area (Å²) in [6.45, 7) is 1.63. The van der Waals surface area contributed by atoms with Crippen LogP contribution in [0.2, 0.25) is 0 Å². The minimum absolute atomic E-state index is 0.0205. The number of carbonyl (C=O) groups is 4. The number of hydrogen-bond donors (Lipinski definition) is 3. The van der Waals surface area contributed by atoms with Gasteiger partial charge in [0.1, 0.15) is 5.75 Å². The summed E-state index contributed by atoms with van der Waals surface area (Å²) in [7, 11) is -3.87. The lowest BCUT2D eigenvalue weighted by Gasteiger charge is -2.43. The van der Waals surface area contributed by atoms with Crippen LogP contribution in [0.25, 0.3) is 0 Å². The second kappa shape index (κ2) is 13.0. The molecule has 2 aliphatic heterocycles. The Kier molecular flexibility index (Phi) is 8.59. The van der Waals surface area contributed by atoms with Crippen LogP contribution >= 0.6 is 23.1 Å². The van der Waals surface area contributed by atoms with E-state index in [9.17, 15) is 32.4 Å². The molecule has 1 saturated heterocycles. The normalized spacial score (nSPS) is 25.7. The fraction of sp³-hybridized carbons (Fsp3) is 0.306. The summed E-state index contributed by atoms with van der Waals surface area (Å²) in [5.74, 6) is -2.46. The smallest absolute Gasteiger partial charge is 0.338 e. The third-order valence-corrected chi connectivity index (χ3v) is 13.9. The molecular formula is C36H32N4O9S3. The van der Waals surface area contributed by atoms with Gasteiger partial charge in [-0.05, 0) is 97.3 Å². The third-order valence-electron chi connectivity index (χ3n) is 10.4. The molecular weight excluding hydrogens is 729 g/mol. The predicted molar refractivity (Wildman–Crippen MR) is 192 cm³/mol. The lowest BCUT2D eigenvalue weighted by Crippen LogP contribution is -2.42. The molecule has 7 atom stereocenters. The Morgan fingerprint density at radius 2 is 1.69 bits per heavy atom. The number of ether oxygens (including phenoxy) is 2. The maximum Gasteiger partial charge on any atom is 0.338 e. The molecule has 16 heteroatoms. The van der Waals surface area contributed by atoms with Gasteiger partial charge in [-0.2, -0.15) is 0 Å². The molecule has 268 valence electrons. The number of nitrogens with two attached hydrogens (primary N) is 1. The number of amides is 3. The number of carbonyl (C=O) groups excluding carboxylic acids is 4. The van der Waals surface area contributed by atoms with Crippen LogP contribution in [-0.2, 0) is 29.1 Å². The van der Waals surface area contributed by atoms with Crippen LogP contribution in [-0.4, -0.2) is 55.6 Å². The first kappa shape index (κ1) is 34.3. The van der Waals surface area contributed by atoms with E-state index in [1.807, 2.05) is 18.2 Å². The maximum absolute atomic E-state index is 14.1. The van der Waals surface area contributed by atoms with Gasteiger partial charge in [-0.1, -0.05) is 23.5 Å². The van der Waals surface area contributed by atoms with Crippen LogP contribution in [0, 0.1) is 29.6 Å². The Balaban J connectivity index is 1.03. The molecule has 3 heterocycles. The van der Waals surface area contributed by atoms with Crippen molar-refractivity contribution in [1.29, 1.82) is 0 Å². The summed E-state index contributed by atoms with van der Waals surface area (Å²) < 4.78 is 34.0. The summed E-state index contributed by atoms with van der Waals surface area (Å²) in [4.78, 5) is 70.6. The Morgan fingerprint density at radius 3 is 2.38 bits per heavy atom. The van der Waals surface area contributed by atoms with Gasteiger partial charge in [0.15, 0.2) is 6.61 Å². The highest BCUT2D eigenvalue weighted by Crippen LogP contribution is 2.68. The van der Waals surface area contributed by atoms with Gasteiger partial charge in [0.2, 0.25) is 21.8 Å². The van der Waals surface area contributed by atoms with Gasteiger partial charge in [0, 0.05) is 21.7 Å². The van der Waals surface area contributed by atoms with Crippen molar-refractivity contribution in [2.75, 3.05) is 23.4 Å². The number of benzene rings is 3. The SMILES string of the molecule is CCOC(=O)c1ccc(N2C(=O)[C@H]3[C@H]4C[C@@H]([C@@H]3C2=O)[C@@H]2[C@H](c3cccc(OCC(=O)Nc5ccc(S(N)(=O)=O)cc5)c3)c3sc(=O)[nH]c3S[C@H]42)cc1. The lowest BCUT2D eigenvalue weighted by molar-refractivity contribution is -0.123. The zero-order valence-electron chi connectivity index (χ0n) is 27.5. The van der Waals surface area contributed by atoms with Gasteiger partial charge >= 0.3 is 10.8 Å². The Morgan fingerprint density at radius 1 is 0.981 bits per heavy atom. The average Bonchev–Trinajstić information content (AvgIpc) is 3.86. The molecule has 3 fully saturated rings. The van der Waals surface area contributed by atoms with Crippen molar-refractivity contribution >= 4 is 68.2 Å². The van der Waals surface area contributed by atoms with Gasteiger partial charge in [-0.15, -0.1) is 11.8 Å². The summed E-state index contributed by atoms with van der Waals surface area (Å²) in [5, 5.41) is 8.56. The monoisotopic (exact) mass is 760 g/mol. The predicted octanol–water partition coefficient (Wildman–Crippen LogP) is 3.96. The number of fused-ring (bicyclic) bond motifs is 9. The highest BCUT2D eigenvalue weighted by Gasteiger charge is 2.69. The number of imide groups is 1. The summed E-state index contributed by atoms with van der Waals surface area (Å²) in [6.07, 6.45) is 0.717. The lowest BCUT2D eigenvalue weighted by atomic mass is 9.68. The number of primary sulfonamides is 1. The van der Waals surface area contributed by atoms with E-state index in [1.54, 1.807) is 49.0 Å². The van der Waals surface area contributed by atoms with Crippen molar-refractivity contribution in [3.05, 3.63) is 98.5 Å². The number of thioether (sulfide) groups is 1. The van der Waals surface area contributed by atoms with Crippen molar-refractivity contribution in [3.63, 3.8) is 0 Å². The molecule has 13 nitrogen and oxygen atoms in total. The average molecular weight is 761 g/mol. The fourth-order valence-electron chi connectivity index (χ4n) is 8.48. The molecule has 2 saturated carbocycles. The molecule has 2 aliphatic carbocycles. The standard InChI is InChI=1S/C36H32N4O9S3/c1-2-48-35(44)17-6-10-20(11-7-17)40-33(42)28-23-15-24(29(28)34(40)43)30-27(23)26(31-32(50-30)39-36(45)51-31)18-4-3-5-21(14-18)49-16-25(41)38-19-8-12-22(13-9-19)52(37,46)47/h3-14,23-24,26-30H,2,15-16H2,1H3,(H,38,41)(H,39,45)(H2,37,46,47)/t23-,24-,26+,27-,28+,29+,30-/m1/s1. The van der Waals surface area contributed by atoms with Gasteiger partial charge in [-0.3, -0.25) is 24.1 Å². The van der Waals surface area contributed by atoms with Crippen LogP contribution in [0.5, 0.6) is 5.75 Å². The minimum atomic E-state index is -3.87. The molecule has 3 aromatic carbocycles. The number of sulfonamides is 1. The molecule has 3 amide bonds. The van der Waals surface area contributed by atoms with Crippen LogP contribution in [0.3, 0.4) is 0 Å². The number of H-pyrrole nitrogens is 1. The third kappa shape index (κ3) is 5.83. The van der Waals surface area contributed by atoms with E-state index < -0.39 is 33.7 Å². The molecule has 4 aliphatic rings. The largest absolute Gasteiger partial charge is 0.484 e. The number of anilines is 2. The number of esters is 1. The number of hydrogen-bond acceptors (Lipinski definition) is 11. The molecule has 52 heavy (non-hydrogen) atoms. The van der Waals surface area contributed by atoms with Crippen LogP contribution in [0.15, 0.2) is 87.5 Å². The van der Waals surface area contributed by atoms with E-state index in [-0.39, 0.29) is 63.7 Å². The van der Waals surface area contributed by atoms with E-state index in [0.717, 1.165) is 33.2 Å². The Hall–Kier alpha value is -4.77. The zero-order chi connectivity index (χ0) is 36.5. The second-order valence-corrected chi connectivity index (χ2v) is 17.0. The molecule has 4 N–H and O–H groups in total. The van der Waals surface area contributed by atoms with Gasteiger partial charge < -0.3 is 19.8 Å². The van der Waals surface area contributed by atoms with E-state index in [2.05, 4.69) is 10.3 Å². The molecule has 0 spiro atoms. The van der Waals surface area contributed by atoms with Gasteiger partial charge in [0.05, 0.1) is 39.6 Å². The fourth-order valence-corrected chi connectivity index (χ4v) is 11.9. The first-order chi connectivity index (χ1) is 24.9. The number of thiazole rings is 1. The molecule has 8 rings (SSSR count). The van der Waals surface area contributed by atoms with Crippen LogP contribution < -0.4 is 25.0 Å². The summed E-state index contributed by atoms with van der Waals surface area (Å²) in [6, 6.07) is 19.1. The van der Waals surface area contributed by atoms with Crippen LogP contribution in [0.4, 0.5) is 11.4 Å². The van der Waals surface area contributed by atoms with E-state index in [1.165, 1.54) is 29.2 Å². The van der Waals surface area contributed by atoms with Crippen molar-refractivity contribution in [2.45, 2.75) is 34.4 Å². The van der Waals surface area contributed by atoms with Crippen molar-refractivity contribution in [1.82, 2.24) is 4.98 Å². The Labute approximate surface area is 305 Å². The number of nitrogens with zero attached hydrogens (tertiary/aromatic N) is 1. The summed E-state index contributed by atoms with van der Waals surface area (Å²) in [5.41, 5.74) is 1.99. The quantitative estimate of drug-likeness (QED) is 0.166. The number of nitrogens with one attached hydrogen (secondary N) is 2. The van der Waals surface area contributed by atoms with Crippen molar-refractivity contribution in [2.24, 2.45) is 34.7 Å². The van der Waals surface area contributed by atoms with E-state index in [4.69, 9.17) is 14.6 Å². The number of aromatic nitrogens is 1. The topological polar surface area (TPSA) is 195 Å². The highest BCUT2D eigenvalue weighted by molar-refractivity contribution is 8.00. The highest BCUT2D eigenvalue weighted by atomic mass is 32.2. The number of aromatic amines is 1. The second-order valence-electron chi connectivity index (χ2n) is 13.2. The molecule has 2 bridgehead atoms.